The van der Waals surface area contributed by atoms with Crippen LogP contribution in [0.1, 0.15) is 53.4 Å². The number of amides is 1. The van der Waals surface area contributed by atoms with Crippen LogP contribution < -0.4 is 5.32 Å². The molecule has 1 amide bonds. The quantitative estimate of drug-likeness (QED) is 0.479. The standard InChI is InChI=1S/C23H35N5O3S2/c1-5-27(6-2)33(30,31)20-13-9-10-18(14-20)22-25-26-23(28(22)15-17(3)4)32-16-21(29)24-19-11-7-8-12-19/h9-10,13-14,17,19H,5-8,11-12,15-16H2,1-4H3,(H,24,29). The minimum Gasteiger partial charge on any atom is -0.353 e. The number of nitrogens with zero attached hydrogens (tertiary/aromatic N) is 4. The second-order valence-corrected chi connectivity index (χ2v) is 11.6. The van der Waals surface area contributed by atoms with Crippen LogP contribution in [0.25, 0.3) is 11.4 Å². The van der Waals surface area contributed by atoms with E-state index >= 15 is 0 Å². The van der Waals surface area contributed by atoms with Crippen molar-refractivity contribution in [2.24, 2.45) is 5.92 Å². The Hall–Kier alpha value is -1.91. The Labute approximate surface area is 201 Å². The lowest BCUT2D eigenvalue weighted by molar-refractivity contribution is -0.119. The van der Waals surface area contributed by atoms with Gasteiger partial charge in [-0.1, -0.05) is 64.4 Å². The first-order valence-corrected chi connectivity index (χ1v) is 14.1. The molecule has 1 aromatic carbocycles. The van der Waals surface area contributed by atoms with Gasteiger partial charge in [0.2, 0.25) is 15.9 Å². The largest absolute Gasteiger partial charge is 0.353 e. The number of sulfonamides is 1. The first-order valence-electron chi connectivity index (χ1n) is 11.7. The predicted octanol–water partition coefficient (Wildman–Crippen LogP) is 3.78. The summed E-state index contributed by atoms with van der Waals surface area (Å²) in [5.41, 5.74) is 0.693. The molecule has 0 unspecified atom stereocenters. The molecule has 0 saturated heterocycles. The van der Waals surface area contributed by atoms with Crippen molar-refractivity contribution in [2.75, 3.05) is 18.8 Å². The van der Waals surface area contributed by atoms with Gasteiger partial charge >= 0.3 is 0 Å². The number of nitrogens with one attached hydrogen (secondary N) is 1. The lowest BCUT2D eigenvalue weighted by atomic mass is 10.2. The molecular weight excluding hydrogens is 458 g/mol. The Kier molecular flexibility index (Phi) is 8.95. The SMILES string of the molecule is CCN(CC)S(=O)(=O)c1cccc(-c2nnc(SCC(=O)NC3CCCC3)n2CC(C)C)c1. The summed E-state index contributed by atoms with van der Waals surface area (Å²) >= 11 is 1.37. The van der Waals surface area contributed by atoms with E-state index in [0.29, 0.717) is 42.1 Å². The molecule has 0 bridgehead atoms. The normalized spacial score (nSPS) is 15.0. The molecule has 2 aromatic rings. The molecular formula is C23H35N5O3S2. The van der Waals surface area contributed by atoms with E-state index in [-0.39, 0.29) is 22.6 Å². The van der Waals surface area contributed by atoms with Crippen LogP contribution in [0.3, 0.4) is 0 Å². The fourth-order valence-corrected chi connectivity index (χ4v) is 6.38. The Balaban J connectivity index is 1.84. The van der Waals surface area contributed by atoms with Crippen LogP contribution >= 0.6 is 11.8 Å². The number of benzene rings is 1. The molecule has 1 aromatic heterocycles. The summed E-state index contributed by atoms with van der Waals surface area (Å²) in [7, 11) is -3.58. The van der Waals surface area contributed by atoms with Crippen molar-refractivity contribution in [3.63, 3.8) is 0 Å². The molecule has 1 aliphatic rings. The number of hydrogen-bond donors (Lipinski definition) is 1. The zero-order valence-electron chi connectivity index (χ0n) is 20.0. The minimum atomic E-state index is -3.58. The third-order valence-electron chi connectivity index (χ3n) is 5.75. The van der Waals surface area contributed by atoms with E-state index < -0.39 is 10.0 Å². The summed E-state index contributed by atoms with van der Waals surface area (Å²) in [6, 6.07) is 7.15. The molecule has 0 radical (unpaired) electrons. The van der Waals surface area contributed by atoms with Gasteiger partial charge in [-0.3, -0.25) is 4.79 Å². The smallest absolute Gasteiger partial charge is 0.243 e. The summed E-state index contributed by atoms with van der Waals surface area (Å²) in [6.45, 7) is 9.36. The monoisotopic (exact) mass is 493 g/mol. The topological polar surface area (TPSA) is 97.2 Å². The number of carbonyl (C=O) groups is 1. The Morgan fingerprint density at radius 3 is 2.55 bits per heavy atom. The average molecular weight is 494 g/mol. The van der Waals surface area contributed by atoms with Crippen LogP contribution in [0.2, 0.25) is 0 Å². The van der Waals surface area contributed by atoms with Gasteiger partial charge in [-0.15, -0.1) is 10.2 Å². The van der Waals surface area contributed by atoms with Crippen LogP contribution in [0.4, 0.5) is 0 Å². The van der Waals surface area contributed by atoms with Gasteiger partial charge < -0.3 is 9.88 Å². The van der Waals surface area contributed by atoms with Crippen LogP contribution in [0.15, 0.2) is 34.3 Å². The van der Waals surface area contributed by atoms with E-state index in [1.807, 2.05) is 24.5 Å². The molecule has 182 valence electrons. The van der Waals surface area contributed by atoms with Gasteiger partial charge in [-0.2, -0.15) is 4.31 Å². The first kappa shape index (κ1) is 25.7. The Morgan fingerprint density at radius 2 is 1.91 bits per heavy atom. The zero-order chi connectivity index (χ0) is 24.0. The third-order valence-corrected chi connectivity index (χ3v) is 8.77. The van der Waals surface area contributed by atoms with Crippen LogP contribution in [0.5, 0.6) is 0 Å². The molecule has 3 rings (SSSR count). The summed E-state index contributed by atoms with van der Waals surface area (Å²) in [6.07, 6.45) is 4.45. The summed E-state index contributed by atoms with van der Waals surface area (Å²) in [5.74, 6) is 1.23. The van der Waals surface area contributed by atoms with Crippen molar-refractivity contribution >= 4 is 27.7 Å². The van der Waals surface area contributed by atoms with E-state index in [9.17, 15) is 13.2 Å². The van der Waals surface area contributed by atoms with Crippen LogP contribution in [-0.2, 0) is 21.4 Å². The molecule has 0 atom stereocenters. The van der Waals surface area contributed by atoms with Crippen molar-refractivity contribution in [3.05, 3.63) is 24.3 Å². The molecule has 8 nitrogen and oxygen atoms in total. The van der Waals surface area contributed by atoms with Crippen LogP contribution in [0, 0.1) is 5.92 Å². The van der Waals surface area contributed by atoms with Gasteiger partial charge in [-0.05, 0) is 30.9 Å². The van der Waals surface area contributed by atoms with Crippen molar-refractivity contribution < 1.29 is 13.2 Å². The van der Waals surface area contributed by atoms with Gasteiger partial charge in [0, 0.05) is 31.2 Å². The predicted molar refractivity (Wildman–Crippen MR) is 132 cm³/mol. The average Bonchev–Trinajstić information content (AvgIpc) is 3.42. The summed E-state index contributed by atoms with van der Waals surface area (Å²) in [5, 5.41) is 12.5. The van der Waals surface area contributed by atoms with Crippen molar-refractivity contribution in [3.8, 4) is 11.4 Å². The van der Waals surface area contributed by atoms with Gasteiger partial charge in [-0.25, -0.2) is 8.42 Å². The molecule has 1 fully saturated rings. The fourth-order valence-electron chi connectivity index (χ4n) is 4.12. The molecule has 0 aliphatic heterocycles. The highest BCUT2D eigenvalue weighted by Crippen LogP contribution is 2.28. The maximum absolute atomic E-state index is 13.0. The highest BCUT2D eigenvalue weighted by atomic mass is 32.2. The Bertz CT molecular complexity index is 1040. The second-order valence-electron chi connectivity index (χ2n) is 8.77. The van der Waals surface area contributed by atoms with Crippen LogP contribution in [-0.4, -0.2) is 58.3 Å². The summed E-state index contributed by atoms with van der Waals surface area (Å²) in [4.78, 5) is 12.6. The van der Waals surface area contributed by atoms with Gasteiger partial charge in [0.05, 0.1) is 10.6 Å². The maximum atomic E-state index is 13.0. The number of carbonyl (C=O) groups excluding carboxylic acids is 1. The second kappa shape index (κ2) is 11.5. The maximum Gasteiger partial charge on any atom is 0.243 e. The molecule has 1 aliphatic carbocycles. The lowest BCUT2D eigenvalue weighted by Gasteiger charge is -2.19. The number of hydrogen-bond acceptors (Lipinski definition) is 6. The van der Waals surface area contributed by atoms with Gasteiger partial charge in [0.15, 0.2) is 11.0 Å². The van der Waals surface area contributed by atoms with E-state index in [0.717, 1.165) is 12.8 Å². The number of aromatic nitrogens is 3. The minimum absolute atomic E-state index is 0.0138. The Morgan fingerprint density at radius 1 is 1.21 bits per heavy atom. The third kappa shape index (κ3) is 6.36. The first-order chi connectivity index (χ1) is 15.8. The highest BCUT2D eigenvalue weighted by Gasteiger charge is 2.24. The molecule has 1 heterocycles. The molecule has 10 heteroatoms. The van der Waals surface area contributed by atoms with Gasteiger partial charge in [0.1, 0.15) is 0 Å². The summed E-state index contributed by atoms with van der Waals surface area (Å²) < 4.78 is 29.4. The fraction of sp³-hybridized carbons (Fsp3) is 0.609. The molecule has 0 spiro atoms. The number of rotatable bonds is 11. The van der Waals surface area contributed by atoms with Gasteiger partial charge in [0.25, 0.3) is 0 Å². The van der Waals surface area contributed by atoms with Crippen molar-refractivity contribution in [1.82, 2.24) is 24.4 Å². The van der Waals surface area contributed by atoms with E-state index in [1.54, 1.807) is 18.2 Å². The molecule has 1 N–H and O–H groups in total. The van der Waals surface area contributed by atoms with Crippen molar-refractivity contribution in [2.45, 2.75) is 76.0 Å². The van der Waals surface area contributed by atoms with E-state index in [4.69, 9.17) is 0 Å². The zero-order valence-corrected chi connectivity index (χ0v) is 21.6. The lowest BCUT2D eigenvalue weighted by Crippen LogP contribution is -2.33. The number of thioether (sulfide) groups is 1. The highest BCUT2D eigenvalue weighted by molar-refractivity contribution is 7.99. The van der Waals surface area contributed by atoms with E-state index in [2.05, 4.69) is 29.4 Å². The molecule has 1 saturated carbocycles. The molecule has 33 heavy (non-hydrogen) atoms. The van der Waals surface area contributed by atoms with E-state index in [1.165, 1.54) is 28.9 Å². The van der Waals surface area contributed by atoms with Crippen molar-refractivity contribution in [1.29, 1.82) is 0 Å².